The lowest BCUT2D eigenvalue weighted by Gasteiger charge is -2.22. The van der Waals surface area contributed by atoms with Crippen molar-refractivity contribution < 1.29 is 14.3 Å². The molecule has 1 saturated carbocycles. The minimum absolute atomic E-state index is 0.0199. The number of amides is 1. The molecule has 0 aromatic heterocycles. The van der Waals surface area contributed by atoms with Gasteiger partial charge in [-0.2, -0.15) is 12.6 Å². The first-order valence-electron chi connectivity index (χ1n) is 14.8. The number of benzene rings is 3. The van der Waals surface area contributed by atoms with E-state index < -0.39 is 0 Å². The molecule has 40 heavy (non-hydrogen) atoms. The summed E-state index contributed by atoms with van der Waals surface area (Å²) in [5, 5.41) is 3.16. The SMILES string of the molecule is CC(C)(C)c1ccc(C(Cc2ccc(OCCCS)cc2)C(=O)Nc2ccc(OCC3CCCCC3)cc2)cc1. The Morgan fingerprint density at radius 3 is 2.12 bits per heavy atom. The van der Waals surface area contributed by atoms with Crippen molar-refractivity contribution in [3.63, 3.8) is 0 Å². The molecule has 1 fully saturated rings. The molecule has 0 bridgehead atoms. The fraction of sp³-hybridized carbons (Fsp3) is 0.457. The van der Waals surface area contributed by atoms with Gasteiger partial charge in [0.15, 0.2) is 0 Å². The van der Waals surface area contributed by atoms with Crippen LogP contribution in [0.2, 0.25) is 0 Å². The summed E-state index contributed by atoms with van der Waals surface area (Å²) in [4.78, 5) is 13.7. The highest BCUT2D eigenvalue weighted by atomic mass is 32.1. The predicted molar refractivity (Wildman–Crippen MR) is 169 cm³/mol. The molecular weight excluding hydrogens is 514 g/mol. The molecule has 0 heterocycles. The summed E-state index contributed by atoms with van der Waals surface area (Å²) >= 11 is 4.24. The second-order valence-electron chi connectivity index (χ2n) is 12.0. The smallest absolute Gasteiger partial charge is 0.232 e. The van der Waals surface area contributed by atoms with Crippen LogP contribution in [0.1, 0.15) is 81.9 Å². The molecule has 0 spiro atoms. The van der Waals surface area contributed by atoms with Crippen molar-refractivity contribution in [3.8, 4) is 11.5 Å². The van der Waals surface area contributed by atoms with E-state index in [2.05, 4.69) is 75.1 Å². The summed E-state index contributed by atoms with van der Waals surface area (Å²) in [6.45, 7) is 8.04. The Kier molecular flexibility index (Phi) is 11.0. The van der Waals surface area contributed by atoms with Gasteiger partial charge in [-0.25, -0.2) is 0 Å². The molecule has 1 N–H and O–H groups in total. The number of rotatable bonds is 12. The number of hydrogen-bond acceptors (Lipinski definition) is 4. The lowest BCUT2D eigenvalue weighted by Crippen LogP contribution is -2.23. The monoisotopic (exact) mass is 559 g/mol. The van der Waals surface area contributed by atoms with Gasteiger partial charge in [0.05, 0.1) is 19.1 Å². The zero-order valence-electron chi connectivity index (χ0n) is 24.3. The van der Waals surface area contributed by atoms with E-state index in [0.29, 0.717) is 18.9 Å². The zero-order chi connectivity index (χ0) is 28.4. The van der Waals surface area contributed by atoms with E-state index in [1.807, 2.05) is 36.4 Å². The van der Waals surface area contributed by atoms with Gasteiger partial charge in [-0.15, -0.1) is 0 Å². The highest BCUT2D eigenvalue weighted by molar-refractivity contribution is 7.80. The van der Waals surface area contributed by atoms with Gasteiger partial charge in [0.2, 0.25) is 5.91 Å². The molecule has 1 amide bonds. The molecule has 0 radical (unpaired) electrons. The quantitative estimate of drug-likeness (QED) is 0.173. The van der Waals surface area contributed by atoms with Gasteiger partial charge >= 0.3 is 0 Å². The number of nitrogens with one attached hydrogen (secondary N) is 1. The molecule has 1 unspecified atom stereocenters. The molecule has 1 aliphatic carbocycles. The van der Waals surface area contributed by atoms with Crippen LogP contribution in [0.25, 0.3) is 0 Å². The van der Waals surface area contributed by atoms with Crippen LogP contribution in [-0.4, -0.2) is 24.9 Å². The van der Waals surface area contributed by atoms with E-state index in [1.54, 1.807) is 0 Å². The van der Waals surface area contributed by atoms with Gasteiger partial charge in [-0.05, 0) is 95.9 Å². The molecule has 0 saturated heterocycles. The number of ether oxygens (including phenoxy) is 2. The first-order valence-corrected chi connectivity index (χ1v) is 15.4. The molecule has 4 rings (SSSR count). The van der Waals surface area contributed by atoms with E-state index in [-0.39, 0.29) is 17.2 Å². The minimum atomic E-state index is -0.327. The number of anilines is 1. The average molecular weight is 560 g/mol. The Morgan fingerprint density at radius 2 is 1.50 bits per heavy atom. The summed E-state index contributed by atoms with van der Waals surface area (Å²) in [7, 11) is 0. The summed E-state index contributed by atoms with van der Waals surface area (Å²) in [6, 6.07) is 24.3. The summed E-state index contributed by atoms with van der Waals surface area (Å²) < 4.78 is 11.8. The second kappa shape index (κ2) is 14.6. The van der Waals surface area contributed by atoms with Gasteiger partial charge in [-0.3, -0.25) is 4.79 Å². The molecule has 4 nitrogen and oxygen atoms in total. The third-order valence-corrected chi connectivity index (χ3v) is 8.08. The van der Waals surface area contributed by atoms with Gasteiger partial charge in [-0.1, -0.05) is 76.4 Å². The van der Waals surface area contributed by atoms with Crippen molar-refractivity contribution in [1.29, 1.82) is 0 Å². The maximum atomic E-state index is 13.7. The van der Waals surface area contributed by atoms with Crippen LogP contribution < -0.4 is 14.8 Å². The summed E-state index contributed by atoms with van der Waals surface area (Å²) in [6.07, 6.45) is 8.01. The number of hydrogen-bond donors (Lipinski definition) is 2. The Morgan fingerprint density at radius 1 is 0.875 bits per heavy atom. The predicted octanol–water partition coefficient (Wildman–Crippen LogP) is 8.61. The Bertz CT molecular complexity index is 1180. The lowest BCUT2D eigenvalue weighted by molar-refractivity contribution is -0.117. The van der Waals surface area contributed by atoms with Crippen molar-refractivity contribution >= 4 is 24.2 Å². The number of carbonyl (C=O) groups excluding carboxylic acids is 1. The lowest BCUT2D eigenvalue weighted by atomic mass is 9.84. The third kappa shape index (κ3) is 9.05. The topological polar surface area (TPSA) is 47.6 Å². The highest BCUT2D eigenvalue weighted by Gasteiger charge is 2.23. The molecular formula is C35H45NO3S. The van der Waals surface area contributed by atoms with Crippen molar-refractivity contribution in [3.05, 3.63) is 89.5 Å². The van der Waals surface area contributed by atoms with Crippen LogP contribution in [0, 0.1) is 5.92 Å². The van der Waals surface area contributed by atoms with E-state index in [9.17, 15) is 4.79 Å². The van der Waals surface area contributed by atoms with Crippen molar-refractivity contribution in [1.82, 2.24) is 0 Å². The third-order valence-electron chi connectivity index (χ3n) is 7.76. The van der Waals surface area contributed by atoms with E-state index >= 15 is 0 Å². The molecule has 1 atom stereocenters. The zero-order valence-corrected chi connectivity index (χ0v) is 25.2. The van der Waals surface area contributed by atoms with E-state index in [4.69, 9.17) is 9.47 Å². The van der Waals surface area contributed by atoms with E-state index in [0.717, 1.165) is 47.1 Å². The van der Waals surface area contributed by atoms with Gasteiger partial charge in [0.25, 0.3) is 0 Å². The van der Waals surface area contributed by atoms with Gasteiger partial charge < -0.3 is 14.8 Å². The van der Waals surface area contributed by atoms with Crippen LogP contribution in [-0.2, 0) is 16.6 Å². The fourth-order valence-corrected chi connectivity index (χ4v) is 5.35. The van der Waals surface area contributed by atoms with Crippen LogP contribution in [0.3, 0.4) is 0 Å². The largest absolute Gasteiger partial charge is 0.494 e. The van der Waals surface area contributed by atoms with Crippen LogP contribution in [0.15, 0.2) is 72.8 Å². The molecule has 0 aliphatic heterocycles. The molecule has 5 heteroatoms. The van der Waals surface area contributed by atoms with Gasteiger partial charge in [0.1, 0.15) is 11.5 Å². The molecule has 1 aliphatic rings. The fourth-order valence-electron chi connectivity index (χ4n) is 5.22. The van der Waals surface area contributed by atoms with Crippen LogP contribution in [0.5, 0.6) is 11.5 Å². The summed E-state index contributed by atoms with van der Waals surface area (Å²) in [5.74, 6) is 2.81. The molecule has 3 aromatic carbocycles. The van der Waals surface area contributed by atoms with Crippen LogP contribution >= 0.6 is 12.6 Å². The van der Waals surface area contributed by atoms with Crippen molar-refractivity contribution in [2.75, 3.05) is 24.3 Å². The van der Waals surface area contributed by atoms with E-state index in [1.165, 1.54) is 37.7 Å². The normalized spacial score (nSPS) is 14.9. The first-order chi connectivity index (χ1) is 19.3. The van der Waals surface area contributed by atoms with Crippen molar-refractivity contribution in [2.45, 2.75) is 77.0 Å². The molecule has 3 aromatic rings. The minimum Gasteiger partial charge on any atom is -0.494 e. The second-order valence-corrected chi connectivity index (χ2v) is 12.5. The average Bonchev–Trinajstić information content (AvgIpc) is 2.96. The van der Waals surface area contributed by atoms with Crippen molar-refractivity contribution in [2.24, 2.45) is 5.92 Å². The summed E-state index contributed by atoms with van der Waals surface area (Å²) in [5.41, 5.74) is 4.18. The Labute approximate surface area is 246 Å². The number of thiol groups is 1. The maximum absolute atomic E-state index is 13.7. The highest BCUT2D eigenvalue weighted by Crippen LogP contribution is 2.29. The van der Waals surface area contributed by atoms with Crippen LogP contribution in [0.4, 0.5) is 5.69 Å². The molecule has 214 valence electrons. The number of carbonyl (C=O) groups is 1. The Balaban J connectivity index is 1.44. The van der Waals surface area contributed by atoms with Gasteiger partial charge in [0, 0.05) is 5.69 Å². The Hall–Kier alpha value is -2.92. The standard InChI is InChI=1S/C35H45NO3S/c1-35(2,3)29-14-12-28(13-15-29)33(24-26-10-18-31(19-11-26)38-22-7-23-40)34(37)36-30-16-20-32(21-17-30)39-25-27-8-5-4-6-9-27/h10-21,27,33,40H,4-9,22-25H2,1-3H3,(H,36,37). The maximum Gasteiger partial charge on any atom is 0.232 e. The first kappa shape index (κ1) is 30.0.